The van der Waals surface area contributed by atoms with Gasteiger partial charge in [0.1, 0.15) is 17.2 Å². The van der Waals surface area contributed by atoms with Gasteiger partial charge >= 0.3 is 0 Å². The fourth-order valence-corrected chi connectivity index (χ4v) is 2.35. The molecule has 20 heavy (non-hydrogen) atoms. The van der Waals surface area contributed by atoms with Gasteiger partial charge in [-0.3, -0.25) is 0 Å². The summed E-state index contributed by atoms with van der Waals surface area (Å²) in [6, 6.07) is 12.4. The third-order valence-corrected chi connectivity index (χ3v) is 3.47. The van der Waals surface area contributed by atoms with Gasteiger partial charge < -0.3 is 9.32 Å². The van der Waals surface area contributed by atoms with Gasteiger partial charge in [0.05, 0.1) is 5.69 Å². The summed E-state index contributed by atoms with van der Waals surface area (Å²) in [5.74, 6) is 1.83. The molecule has 0 amide bonds. The molecule has 0 saturated heterocycles. The van der Waals surface area contributed by atoms with Crippen molar-refractivity contribution >= 4 is 16.8 Å². The van der Waals surface area contributed by atoms with Gasteiger partial charge in [0.15, 0.2) is 0 Å². The lowest BCUT2D eigenvalue weighted by Gasteiger charge is -2.12. The fourth-order valence-electron chi connectivity index (χ4n) is 2.35. The summed E-state index contributed by atoms with van der Waals surface area (Å²) in [6.07, 6.45) is 0. The summed E-state index contributed by atoms with van der Waals surface area (Å²) in [5.41, 5.74) is 4.18. The Morgan fingerprint density at radius 2 is 1.80 bits per heavy atom. The lowest BCUT2D eigenvalue weighted by atomic mass is 10.1. The Hall–Kier alpha value is -2.29. The maximum atomic E-state index is 5.94. The van der Waals surface area contributed by atoms with Gasteiger partial charge in [-0.15, -0.1) is 0 Å². The van der Waals surface area contributed by atoms with Crippen LogP contribution in [0.1, 0.15) is 11.3 Å². The van der Waals surface area contributed by atoms with Gasteiger partial charge in [-0.05, 0) is 44.2 Å². The average molecular weight is 266 g/mol. The monoisotopic (exact) mass is 266 g/mol. The van der Waals surface area contributed by atoms with E-state index in [1.54, 1.807) is 0 Å². The highest BCUT2D eigenvalue weighted by Gasteiger charge is 2.10. The molecule has 0 aliphatic carbocycles. The predicted molar refractivity (Wildman–Crippen MR) is 83.2 cm³/mol. The van der Waals surface area contributed by atoms with Crippen LogP contribution in [-0.4, -0.2) is 19.1 Å². The number of aromatic nitrogens is 1. The molecule has 2 heterocycles. The molecule has 0 N–H and O–H groups in total. The van der Waals surface area contributed by atoms with Crippen molar-refractivity contribution in [1.82, 2.24) is 4.98 Å². The molecule has 3 aromatic rings. The van der Waals surface area contributed by atoms with E-state index in [-0.39, 0.29) is 0 Å². The third-order valence-electron chi connectivity index (χ3n) is 3.47. The lowest BCUT2D eigenvalue weighted by Crippen LogP contribution is -2.11. The minimum absolute atomic E-state index is 0.876. The SMILES string of the molecule is Cc1ccc2oc(-c3ccc(N(C)C)nc3C)cc2c1. The van der Waals surface area contributed by atoms with Gasteiger partial charge in [-0.1, -0.05) is 11.6 Å². The maximum absolute atomic E-state index is 5.94. The van der Waals surface area contributed by atoms with E-state index in [0.29, 0.717) is 0 Å². The summed E-state index contributed by atoms with van der Waals surface area (Å²) in [4.78, 5) is 6.60. The van der Waals surface area contributed by atoms with Crippen molar-refractivity contribution in [2.75, 3.05) is 19.0 Å². The van der Waals surface area contributed by atoms with Gasteiger partial charge in [-0.2, -0.15) is 0 Å². The molecule has 3 heteroatoms. The molecular formula is C17H18N2O. The normalized spacial score (nSPS) is 11.0. The van der Waals surface area contributed by atoms with Crippen molar-refractivity contribution in [3.63, 3.8) is 0 Å². The Balaban J connectivity index is 2.10. The minimum Gasteiger partial charge on any atom is -0.456 e. The predicted octanol–water partition coefficient (Wildman–Crippen LogP) is 4.18. The van der Waals surface area contributed by atoms with Crippen LogP contribution in [0.15, 0.2) is 40.8 Å². The van der Waals surface area contributed by atoms with Crippen LogP contribution >= 0.6 is 0 Å². The Labute approximate surface area is 118 Å². The number of hydrogen-bond donors (Lipinski definition) is 0. The Bertz CT molecular complexity index is 772. The Morgan fingerprint density at radius 3 is 2.50 bits per heavy atom. The smallest absolute Gasteiger partial charge is 0.137 e. The number of furan rings is 1. The van der Waals surface area contributed by atoms with Gasteiger partial charge in [0.25, 0.3) is 0 Å². The molecule has 0 fully saturated rings. The third kappa shape index (κ3) is 2.16. The molecule has 0 saturated carbocycles. The fraction of sp³-hybridized carbons (Fsp3) is 0.235. The minimum atomic E-state index is 0.876. The van der Waals surface area contributed by atoms with Crippen LogP contribution in [0.2, 0.25) is 0 Å². The van der Waals surface area contributed by atoms with Gasteiger partial charge in [0.2, 0.25) is 0 Å². The van der Waals surface area contributed by atoms with E-state index in [2.05, 4.69) is 36.2 Å². The van der Waals surface area contributed by atoms with Gasteiger partial charge in [0, 0.05) is 25.0 Å². The molecule has 1 aromatic carbocycles. The van der Waals surface area contributed by atoms with Crippen molar-refractivity contribution in [2.45, 2.75) is 13.8 Å². The molecule has 0 radical (unpaired) electrons. The zero-order valence-electron chi connectivity index (χ0n) is 12.3. The topological polar surface area (TPSA) is 29.3 Å². The molecular weight excluding hydrogens is 248 g/mol. The number of pyridine rings is 1. The summed E-state index contributed by atoms with van der Waals surface area (Å²) < 4.78 is 5.94. The molecule has 0 bridgehead atoms. The highest BCUT2D eigenvalue weighted by atomic mass is 16.3. The van der Waals surface area contributed by atoms with Crippen LogP contribution in [0.25, 0.3) is 22.3 Å². The molecule has 0 aliphatic heterocycles. The quantitative estimate of drug-likeness (QED) is 0.697. The molecule has 0 aliphatic rings. The average Bonchev–Trinajstić information content (AvgIpc) is 2.80. The zero-order chi connectivity index (χ0) is 14.3. The highest BCUT2D eigenvalue weighted by Crippen LogP contribution is 2.30. The van der Waals surface area contributed by atoms with Crippen molar-refractivity contribution in [3.05, 3.63) is 47.7 Å². The summed E-state index contributed by atoms with van der Waals surface area (Å²) in [6.45, 7) is 4.10. The molecule has 0 atom stereocenters. The Morgan fingerprint density at radius 1 is 1.00 bits per heavy atom. The number of benzene rings is 1. The Kier molecular flexibility index (Phi) is 2.97. The molecule has 2 aromatic heterocycles. The first-order valence-corrected chi connectivity index (χ1v) is 6.70. The number of hydrogen-bond acceptors (Lipinski definition) is 3. The maximum Gasteiger partial charge on any atom is 0.137 e. The van der Waals surface area contributed by atoms with Crippen LogP contribution < -0.4 is 4.90 Å². The molecule has 3 rings (SSSR count). The van der Waals surface area contributed by atoms with Crippen molar-refractivity contribution in [2.24, 2.45) is 0 Å². The second-order valence-electron chi connectivity index (χ2n) is 5.35. The standard InChI is InChI=1S/C17H18N2O/c1-11-5-7-15-13(9-11)10-16(20-15)14-6-8-17(19(3)4)18-12(14)2/h5-10H,1-4H3. The van der Waals surface area contributed by atoms with E-state index in [1.165, 1.54) is 5.56 Å². The van der Waals surface area contributed by atoms with E-state index < -0.39 is 0 Å². The second kappa shape index (κ2) is 4.67. The van der Waals surface area contributed by atoms with Crippen LogP contribution in [0, 0.1) is 13.8 Å². The first-order chi connectivity index (χ1) is 9.54. The lowest BCUT2D eigenvalue weighted by molar-refractivity contribution is 0.630. The van der Waals surface area contributed by atoms with Crippen LogP contribution in [0.5, 0.6) is 0 Å². The second-order valence-corrected chi connectivity index (χ2v) is 5.35. The van der Waals surface area contributed by atoms with E-state index in [1.807, 2.05) is 38.1 Å². The number of anilines is 1. The van der Waals surface area contributed by atoms with Crippen LogP contribution in [0.4, 0.5) is 5.82 Å². The number of fused-ring (bicyclic) bond motifs is 1. The molecule has 0 spiro atoms. The highest BCUT2D eigenvalue weighted by molar-refractivity contribution is 5.83. The summed E-state index contributed by atoms with van der Waals surface area (Å²) >= 11 is 0. The van der Waals surface area contributed by atoms with E-state index >= 15 is 0 Å². The zero-order valence-corrected chi connectivity index (χ0v) is 12.3. The van der Waals surface area contributed by atoms with E-state index in [4.69, 9.17) is 4.42 Å². The van der Waals surface area contributed by atoms with Crippen LogP contribution in [-0.2, 0) is 0 Å². The first-order valence-electron chi connectivity index (χ1n) is 6.70. The van der Waals surface area contributed by atoms with Gasteiger partial charge in [-0.25, -0.2) is 4.98 Å². The number of aryl methyl sites for hydroxylation is 2. The van der Waals surface area contributed by atoms with Crippen molar-refractivity contribution < 1.29 is 4.42 Å². The van der Waals surface area contributed by atoms with Crippen molar-refractivity contribution in [1.29, 1.82) is 0 Å². The molecule has 3 nitrogen and oxygen atoms in total. The van der Waals surface area contributed by atoms with Crippen molar-refractivity contribution in [3.8, 4) is 11.3 Å². The van der Waals surface area contributed by atoms with E-state index in [0.717, 1.165) is 33.8 Å². The van der Waals surface area contributed by atoms with E-state index in [9.17, 15) is 0 Å². The largest absolute Gasteiger partial charge is 0.456 e. The molecule has 0 unspecified atom stereocenters. The molecule has 102 valence electrons. The van der Waals surface area contributed by atoms with Crippen LogP contribution in [0.3, 0.4) is 0 Å². The first kappa shape index (κ1) is 12.7. The summed E-state index contributed by atoms with van der Waals surface area (Å²) in [7, 11) is 3.98. The summed E-state index contributed by atoms with van der Waals surface area (Å²) in [5, 5.41) is 1.14. The number of rotatable bonds is 2. The number of nitrogens with zero attached hydrogens (tertiary/aromatic N) is 2.